The van der Waals surface area contributed by atoms with Crippen molar-refractivity contribution in [1.82, 2.24) is 5.06 Å². The van der Waals surface area contributed by atoms with E-state index in [0.717, 1.165) is 7.11 Å². The van der Waals surface area contributed by atoms with Crippen molar-refractivity contribution >= 4 is 23.8 Å². The third kappa shape index (κ3) is 2.69. The van der Waals surface area contributed by atoms with E-state index in [2.05, 4.69) is 4.74 Å². The van der Waals surface area contributed by atoms with E-state index in [-0.39, 0.29) is 17.5 Å². The SMILES string of the molecule is CCCC(C(=O)OC)C(=O)ON1C(=O)c2ccccc2C1=O. The van der Waals surface area contributed by atoms with Crippen LogP contribution in [0.5, 0.6) is 0 Å². The molecule has 1 aromatic carbocycles. The zero-order valence-corrected chi connectivity index (χ0v) is 12.2. The van der Waals surface area contributed by atoms with Crippen molar-refractivity contribution in [2.24, 2.45) is 5.92 Å². The maximum atomic E-state index is 12.1. The van der Waals surface area contributed by atoms with Crippen LogP contribution in [-0.2, 0) is 19.2 Å². The minimum Gasteiger partial charge on any atom is -0.468 e. The minimum absolute atomic E-state index is 0.158. The highest BCUT2D eigenvalue weighted by atomic mass is 16.7. The van der Waals surface area contributed by atoms with Crippen molar-refractivity contribution in [3.8, 4) is 0 Å². The lowest BCUT2D eigenvalue weighted by molar-refractivity contribution is -0.179. The summed E-state index contributed by atoms with van der Waals surface area (Å²) >= 11 is 0. The molecule has 0 N–H and O–H groups in total. The van der Waals surface area contributed by atoms with Crippen molar-refractivity contribution in [3.05, 3.63) is 35.4 Å². The van der Waals surface area contributed by atoms with Gasteiger partial charge in [0, 0.05) is 0 Å². The molecular formula is C15H15NO6. The largest absolute Gasteiger partial charge is 0.468 e. The summed E-state index contributed by atoms with van der Waals surface area (Å²) in [6.45, 7) is 1.78. The molecule has 1 aliphatic rings. The molecule has 1 heterocycles. The van der Waals surface area contributed by atoms with Crippen LogP contribution < -0.4 is 0 Å². The fourth-order valence-corrected chi connectivity index (χ4v) is 2.17. The zero-order valence-electron chi connectivity index (χ0n) is 12.2. The molecular weight excluding hydrogens is 290 g/mol. The quantitative estimate of drug-likeness (QED) is 0.463. The van der Waals surface area contributed by atoms with Crippen LogP contribution in [0.4, 0.5) is 0 Å². The Balaban J connectivity index is 2.17. The topological polar surface area (TPSA) is 90.0 Å². The Kier molecular flexibility index (Phi) is 4.55. The average molecular weight is 305 g/mol. The Morgan fingerprint density at radius 2 is 1.64 bits per heavy atom. The number of nitrogens with zero attached hydrogens (tertiary/aromatic N) is 1. The smallest absolute Gasteiger partial charge is 0.347 e. The first-order chi connectivity index (χ1) is 10.5. The van der Waals surface area contributed by atoms with E-state index in [1.165, 1.54) is 12.1 Å². The van der Waals surface area contributed by atoms with Gasteiger partial charge in [0.25, 0.3) is 11.8 Å². The van der Waals surface area contributed by atoms with Crippen LogP contribution in [0.2, 0.25) is 0 Å². The highest BCUT2D eigenvalue weighted by Gasteiger charge is 2.40. The number of imide groups is 1. The summed E-state index contributed by atoms with van der Waals surface area (Å²) in [7, 11) is 1.15. The molecule has 0 spiro atoms. The van der Waals surface area contributed by atoms with E-state index in [1.54, 1.807) is 19.1 Å². The summed E-state index contributed by atoms with van der Waals surface area (Å²) in [5, 5.41) is 0.387. The van der Waals surface area contributed by atoms with Crippen LogP contribution in [0.1, 0.15) is 40.5 Å². The van der Waals surface area contributed by atoms with Gasteiger partial charge in [0.15, 0.2) is 5.92 Å². The highest BCUT2D eigenvalue weighted by molar-refractivity contribution is 6.21. The van der Waals surface area contributed by atoms with Crippen LogP contribution in [-0.4, -0.2) is 35.9 Å². The Hall–Kier alpha value is -2.70. The second-order valence-corrected chi connectivity index (χ2v) is 4.73. The third-order valence-corrected chi connectivity index (χ3v) is 3.29. The predicted molar refractivity (Wildman–Crippen MR) is 73.4 cm³/mol. The Labute approximate surface area is 126 Å². The molecule has 0 saturated heterocycles. The molecule has 0 bridgehead atoms. The van der Waals surface area contributed by atoms with Gasteiger partial charge in [-0.15, -0.1) is 0 Å². The number of carbonyl (C=O) groups is 4. The van der Waals surface area contributed by atoms with Gasteiger partial charge in [-0.25, -0.2) is 4.79 Å². The molecule has 2 amide bonds. The number of ether oxygens (including phenoxy) is 1. The monoisotopic (exact) mass is 305 g/mol. The summed E-state index contributed by atoms with van der Waals surface area (Å²) in [4.78, 5) is 52.6. The molecule has 0 aromatic heterocycles. The molecule has 0 radical (unpaired) electrons. The number of fused-ring (bicyclic) bond motifs is 1. The van der Waals surface area contributed by atoms with Crippen molar-refractivity contribution in [1.29, 1.82) is 0 Å². The summed E-state index contributed by atoms with van der Waals surface area (Å²) in [5.74, 6) is -4.37. The molecule has 7 nitrogen and oxygen atoms in total. The Morgan fingerprint density at radius 1 is 1.09 bits per heavy atom. The van der Waals surface area contributed by atoms with Gasteiger partial charge in [0.1, 0.15) is 0 Å². The fraction of sp³-hybridized carbons (Fsp3) is 0.333. The lowest BCUT2D eigenvalue weighted by atomic mass is 10.0. The van der Waals surface area contributed by atoms with Crippen molar-refractivity contribution in [2.45, 2.75) is 19.8 Å². The number of carbonyl (C=O) groups excluding carboxylic acids is 4. The van der Waals surface area contributed by atoms with E-state index in [1.807, 2.05) is 0 Å². The van der Waals surface area contributed by atoms with Gasteiger partial charge in [-0.05, 0) is 18.6 Å². The summed E-state index contributed by atoms with van der Waals surface area (Å²) in [6.07, 6.45) is 0.742. The molecule has 116 valence electrons. The van der Waals surface area contributed by atoms with Gasteiger partial charge in [0.05, 0.1) is 18.2 Å². The number of benzene rings is 1. The van der Waals surface area contributed by atoms with Crippen LogP contribution in [0, 0.1) is 5.92 Å². The van der Waals surface area contributed by atoms with Gasteiger partial charge in [-0.2, -0.15) is 0 Å². The molecule has 0 fully saturated rings. The molecule has 1 aliphatic heterocycles. The third-order valence-electron chi connectivity index (χ3n) is 3.29. The molecule has 0 saturated carbocycles. The van der Waals surface area contributed by atoms with Crippen LogP contribution in [0.25, 0.3) is 0 Å². The molecule has 0 aliphatic carbocycles. The lowest BCUT2D eigenvalue weighted by Crippen LogP contribution is -2.37. The van der Waals surface area contributed by atoms with Crippen LogP contribution >= 0.6 is 0 Å². The summed E-state index contributed by atoms with van der Waals surface area (Å²) in [5.41, 5.74) is 0.316. The Bertz CT molecular complexity index is 604. The fourth-order valence-electron chi connectivity index (χ4n) is 2.17. The van der Waals surface area contributed by atoms with Crippen molar-refractivity contribution < 1.29 is 28.8 Å². The number of rotatable bonds is 5. The van der Waals surface area contributed by atoms with Gasteiger partial charge in [-0.3, -0.25) is 14.4 Å². The van der Waals surface area contributed by atoms with Gasteiger partial charge in [0.2, 0.25) is 0 Å². The van der Waals surface area contributed by atoms with Crippen LogP contribution in [0.3, 0.4) is 0 Å². The number of hydrogen-bond acceptors (Lipinski definition) is 6. The maximum Gasteiger partial charge on any atom is 0.347 e. The first kappa shape index (κ1) is 15.7. The zero-order chi connectivity index (χ0) is 16.3. The molecule has 7 heteroatoms. The van der Waals surface area contributed by atoms with E-state index in [9.17, 15) is 19.2 Å². The van der Waals surface area contributed by atoms with Crippen molar-refractivity contribution in [2.75, 3.05) is 7.11 Å². The van der Waals surface area contributed by atoms with E-state index < -0.39 is 29.7 Å². The first-order valence-electron chi connectivity index (χ1n) is 6.78. The van der Waals surface area contributed by atoms with Gasteiger partial charge >= 0.3 is 11.9 Å². The highest BCUT2D eigenvalue weighted by Crippen LogP contribution is 2.24. The van der Waals surface area contributed by atoms with Crippen LogP contribution in [0.15, 0.2) is 24.3 Å². The lowest BCUT2D eigenvalue weighted by Gasteiger charge is -2.17. The van der Waals surface area contributed by atoms with E-state index in [0.29, 0.717) is 11.5 Å². The number of hydroxylamine groups is 2. The predicted octanol–water partition coefficient (Wildman–Crippen LogP) is 1.33. The number of esters is 1. The Morgan fingerprint density at radius 3 is 2.09 bits per heavy atom. The number of hydrogen-bond donors (Lipinski definition) is 0. The maximum absolute atomic E-state index is 12.1. The van der Waals surface area contributed by atoms with Gasteiger partial charge < -0.3 is 9.57 Å². The standard InChI is InChI=1S/C15H15NO6/c1-3-6-11(14(19)21-2)15(20)22-16-12(17)9-7-4-5-8-10(9)13(16)18/h4-5,7-8,11H,3,6H2,1-2H3. The second-order valence-electron chi connectivity index (χ2n) is 4.73. The molecule has 1 aromatic rings. The summed E-state index contributed by atoms with van der Waals surface area (Å²) in [6, 6.07) is 6.13. The van der Waals surface area contributed by atoms with Crippen molar-refractivity contribution in [3.63, 3.8) is 0 Å². The molecule has 1 unspecified atom stereocenters. The normalized spacial score (nSPS) is 14.5. The van der Waals surface area contributed by atoms with E-state index in [4.69, 9.17) is 4.84 Å². The molecule has 2 rings (SSSR count). The molecule has 22 heavy (non-hydrogen) atoms. The number of amides is 2. The molecule has 1 atom stereocenters. The number of methoxy groups -OCH3 is 1. The summed E-state index contributed by atoms with van der Waals surface area (Å²) < 4.78 is 4.54. The minimum atomic E-state index is -1.17. The average Bonchev–Trinajstić information content (AvgIpc) is 2.77. The second kappa shape index (κ2) is 6.38. The van der Waals surface area contributed by atoms with Gasteiger partial charge in [-0.1, -0.05) is 30.5 Å². The van der Waals surface area contributed by atoms with E-state index >= 15 is 0 Å². The first-order valence-corrected chi connectivity index (χ1v) is 6.78.